The number of carbonyl (C=O) groups is 2. The number of hydrogen-bond donors (Lipinski definition) is 2. The molecule has 2 amide bonds. The number of urea groups is 1. The molecular weight excluding hydrogens is 338 g/mol. The molecule has 112 valence electrons. The van der Waals surface area contributed by atoms with Crippen LogP contribution in [0.5, 0.6) is 0 Å². The van der Waals surface area contributed by atoms with Crippen LogP contribution in [0.25, 0.3) is 0 Å². The molecule has 0 unspecified atom stereocenters. The first-order chi connectivity index (χ1) is 9.65. The number of aliphatic carboxylic acids is 1. The molecule has 1 rings (SSSR count). The summed E-state index contributed by atoms with van der Waals surface area (Å²) in [6.45, 7) is 4.86. The van der Waals surface area contributed by atoms with Gasteiger partial charge in [-0.25, -0.2) is 4.79 Å². The van der Waals surface area contributed by atoms with E-state index in [-0.39, 0.29) is 0 Å². The van der Waals surface area contributed by atoms with Crippen LogP contribution in [0.15, 0.2) is 22.7 Å². The highest BCUT2D eigenvalue weighted by Crippen LogP contribution is 2.24. The minimum Gasteiger partial charge on any atom is -0.480 e. The molecule has 0 aliphatic rings. The Morgan fingerprint density at radius 3 is 2.48 bits per heavy atom. The normalized spacial score (nSPS) is 10.6. The quantitative estimate of drug-likeness (QED) is 0.873. The minimum atomic E-state index is -1.08. The molecule has 2 N–H and O–H groups in total. The van der Waals surface area contributed by atoms with E-state index in [1.165, 1.54) is 4.90 Å². The Kier molecular flexibility index (Phi) is 5.33. The topological polar surface area (TPSA) is 93.4 Å². The summed E-state index contributed by atoms with van der Waals surface area (Å²) >= 11 is 3.27. The average Bonchev–Trinajstić information content (AvgIpc) is 2.36. The van der Waals surface area contributed by atoms with E-state index in [2.05, 4.69) is 21.2 Å². The minimum absolute atomic E-state index is 0.400. The van der Waals surface area contributed by atoms with Gasteiger partial charge in [-0.1, -0.05) is 0 Å². The Morgan fingerprint density at radius 2 is 2.05 bits per heavy atom. The molecule has 0 saturated carbocycles. The van der Waals surface area contributed by atoms with E-state index in [0.29, 0.717) is 15.7 Å². The predicted octanol–water partition coefficient (Wildman–Crippen LogP) is 3.04. The number of benzene rings is 1. The van der Waals surface area contributed by atoms with Gasteiger partial charge in [0.15, 0.2) is 0 Å². The van der Waals surface area contributed by atoms with Gasteiger partial charge in [-0.2, -0.15) is 5.26 Å². The molecule has 0 spiro atoms. The highest BCUT2D eigenvalue weighted by molar-refractivity contribution is 9.10. The maximum absolute atomic E-state index is 12.3. The fraction of sp³-hybridized carbons (Fsp3) is 0.357. The Balaban J connectivity index is 2.97. The van der Waals surface area contributed by atoms with Crippen molar-refractivity contribution in [3.63, 3.8) is 0 Å². The number of amides is 2. The highest BCUT2D eigenvalue weighted by atomic mass is 79.9. The van der Waals surface area contributed by atoms with E-state index in [1.54, 1.807) is 39.0 Å². The Morgan fingerprint density at radius 1 is 1.43 bits per heavy atom. The zero-order chi connectivity index (χ0) is 16.2. The molecule has 0 saturated heterocycles. The Labute approximate surface area is 131 Å². The first-order valence-corrected chi connectivity index (χ1v) is 6.94. The molecule has 0 radical (unpaired) electrons. The van der Waals surface area contributed by atoms with Crippen LogP contribution >= 0.6 is 15.9 Å². The van der Waals surface area contributed by atoms with E-state index in [9.17, 15) is 9.59 Å². The second-order valence-electron chi connectivity index (χ2n) is 5.39. The number of carboxylic acids is 1. The van der Waals surface area contributed by atoms with E-state index in [0.717, 1.165) is 0 Å². The number of anilines is 1. The molecule has 7 heteroatoms. The molecule has 0 fully saturated rings. The lowest BCUT2D eigenvalue weighted by molar-refractivity contribution is -0.138. The van der Waals surface area contributed by atoms with E-state index >= 15 is 0 Å². The van der Waals surface area contributed by atoms with Crippen molar-refractivity contribution < 1.29 is 14.7 Å². The van der Waals surface area contributed by atoms with E-state index < -0.39 is 24.1 Å². The summed E-state index contributed by atoms with van der Waals surface area (Å²) < 4.78 is 0.555. The van der Waals surface area contributed by atoms with Crippen LogP contribution in [0.1, 0.15) is 26.3 Å². The largest absolute Gasteiger partial charge is 0.480 e. The van der Waals surface area contributed by atoms with Gasteiger partial charge in [0.25, 0.3) is 0 Å². The van der Waals surface area contributed by atoms with Crippen LogP contribution in [0.3, 0.4) is 0 Å². The van der Waals surface area contributed by atoms with Crippen LogP contribution in [0.4, 0.5) is 10.5 Å². The third-order valence-corrected chi connectivity index (χ3v) is 3.34. The van der Waals surface area contributed by atoms with Gasteiger partial charge < -0.3 is 15.3 Å². The van der Waals surface area contributed by atoms with Gasteiger partial charge in [-0.05, 0) is 54.9 Å². The molecule has 0 aromatic heterocycles. The predicted molar refractivity (Wildman–Crippen MR) is 82.0 cm³/mol. The van der Waals surface area contributed by atoms with Crippen molar-refractivity contribution in [2.24, 2.45) is 0 Å². The Bertz CT molecular complexity index is 602. The number of carboxylic acid groups (broad SMARTS) is 1. The molecule has 0 aliphatic heterocycles. The fourth-order valence-electron chi connectivity index (χ4n) is 1.62. The molecule has 6 nitrogen and oxygen atoms in total. The van der Waals surface area contributed by atoms with Crippen LogP contribution < -0.4 is 5.32 Å². The van der Waals surface area contributed by atoms with Crippen molar-refractivity contribution in [1.82, 2.24) is 4.90 Å². The van der Waals surface area contributed by atoms with E-state index in [1.807, 2.05) is 6.07 Å². The molecule has 1 aromatic carbocycles. The summed E-state index contributed by atoms with van der Waals surface area (Å²) in [7, 11) is 0. The van der Waals surface area contributed by atoms with Crippen molar-refractivity contribution >= 4 is 33.6 Å². The van der Waals surface area contributed by atoms with Crippen molar-refractivity contribution in [2.75, 3.05) is 11.9 Å². The smallest absolute Gasteiger partial charge is 0.323 e. The lowest BCUT2D eigenvalue weighted by Crippen LogP contribution is -2.50. The first-order valence-electron chi connectivity index (χ1n) is 6.15. The standard InChI is InChI=1S/C14H16BrN3O3/c1-14(2,3)18(8-12(19)20)13(21)17-11-5-4-9(7-16)6-10(11)15/h4-6H,8H2,1-3H3,(H,17,21)(H,19,20). The van der Waals surface area contributed by atoms with Gasteiger partial charge in [0.1, 0.15) is 6.54 Å². The molecule has 1 aromatic rings. The molecule has 0 bridgehead atoms. The van der Waals surface area contributed by atoms with Crippen LogP contribution in [-0.2, 0) is 4.79 Å². The Hall–Kier alpha value is -2.07. The summed E-state index contributed by atoms with van der Waals surface area (Å²) in [5.74, 6) is -1.08. The second kappa shape index (κ2) is 6.59. The van der Waals surface area contributed by atoms with Gasteiger partial charge in [-0.15, -0.1) is 0 Å². The summed E-state index contributed by atoms with van der Waals surface area (Å²) in [4.78, 5) is 24.4. The number of hydrogen-bond acceptors (Lipinski definition) is 3. The van der Waals surface area contributed by atoms with Crippen molar-refractivity contribution in [2.45, 2.75) is 26.3 Å². The summed E-state index contributed by atoms with van der Waals surface area (Å²) in [6, 6.07) is 6.20. The van der Waals surface area contributed by atoms with Crippen molar-refractivity contribution in [1.29, 1.82) is 5.26 Å². The lowest BCUT2D eigenvalue weighted by Gasteiger charge is -2.34. The van der Waals surface area contributed by atoms with Gasteiger partial charge >= 0.3 is 12.0 Å². The van der Waals surface area contributed by atoms with Crippen LogP contribution in [-0.4, -0.2) is 34.1 Å². The zero-order valence-electron chi connectivity index (χ0n) is 12.0. The zero-order valence-corrected chi connectivity index (χ0v) is 13.6. The number of nitrogens with zero attached hydrogens (tertiary/aromatic N) is 2. The molecule has 21 heavy (non-hydrogen) atoms. The lowest BCUT2D eigenvalue weighted by atomic mass is 10.1. The maximum Gasteiger partial charge on any atom is 0.323 e. The number of halogens is 1. The van der Waals surface area contributed by atoms with Crippen molar-refractivity contribution in [3.05, 3.63) is 28.2 Å². The summed E-state index contributed by atoms with van der Waals surface area (Å²) in [5, 5.41) is 20.4. The molecule has 0 atom stereocenters. The third-order valence-electron chi connectivity index (χ3n) is 2.69. The molecule has 0 aliphatic carbocycles. The van der Waals surface area contributed by atoms with Crippen molar-refractivity contribution in [3.8, 4) is 6.07 Å². The average molecular weight is 354 g/mol. The second-order valence-corrected chi connectivity index (χ2v) is 6.24. The van der Waals surface area contributed by atoms with E-state index in [4.69, 9.17) is 10.4 Å². The number of carbonyl (C=O) groups excluding carboxylic acids is 1. The monoisotopic (exact) mass is 353 g/mol. The number of nitriles is 1. The SMILES string of the molecule is CC(C)(C)N(CC(=O)O)C(=O)Nc1ccc(C#N)cc1Br. The van der Waals surface area contributed by atoms with Crippen LogP contribution in [0.2, 0.25) is 0 Å². The van der Waals surface area contributed by atoms with Gasteiger partial charge in [0.2, 0.25) is 0 Å². The van der Waals surface area contributed by atoms with Gasteiger partial charge in [0, 0.05) is 10.0 Å². The van der Waals surface area contributed by atoms with Gasteiger partial charge in [0.05, 0.1) is 17.3 Å². The molecular formula is C14H16BrN3O3. The first kappa shape index (κ1) is 17.0. The maximum atomic E-state index is 12.3. The number of nitrogens with one attached hydrogen (secondary N) is 1. The summed E-state index contributed by atoms with van der Waals surface area (Å²) in [5.41, 5.74) is 0.290. The van der Waals surface area contributed by atoms with Crippen LogP contribution in [0, 0.1) is 11.3 Å². The summed E-state index contributed by atoms with van der Waals surface area (Å²) in [6.07, 6.45) is 0. The molecule has 0 heterocycles. The van der Waals surface area contributed by atoms with Gasteiger partial charge in [-0.3, -0.25) is 4.79 Å². The number of rotatable bonds is 3. The fourth-order valence-corrected chi connectivity index (χ4v) is 2.10. The highest BCUT2D eigenvalue weighted by Gasteiger charge is 2.28. The third kappa shape index (κ3) is 4.76.